The molecule has 0 atom stereocenters. The van der Waals surface area contributed by atoms with Crippen molar-refractivity contribution in [2.45, 2.75) is 39.2 Å². The molecule has 0 unspecified atom stereocenters. The molecular weight excluding hydrogens is 388 g/mol. The topological polar surface area (TPSA) is 85.1 Å². The summed E-state index contributed by atoms with van der Waals surface area (Å²) in [7, 11) is 0. The third-order valence-electron chi connectivity index (χ3n) is 4.76. The number of nitrogens with one attached hydrogen (secondary N) is 1. The lowest BCUT2D eigenvalue weighted by Gasteiger charge is -2.13. The minimum atomic E-state index is -0.0410. The molecule has 3 heterocycles. The van der Waals surface area contributed by atoms with Crippen LogP contribution >= 0.6 is 11.6 Å². The number of carbonyl (C=O) groups is 1. The zero-order chi connectivity index (χ0) is 20.2. The molecule has 29 heavy (non-hydrogen) atoms. The molecule has 0 saturated carbocycles. The SMILES string of the molecule is CCCCCC(=O)Nc1ccc2c(n1)C(c1ccccc1Cl)=NCc1nncn1-2. The van der Waals surface area contributed by atoms with Crippen LogP contribution in [0.4, 0.5) is 5.82 Å². The van der Waals surface area contributed by atoms with Crippen molar-refractivity contribution in [1.82, 2.24) is 19.7 Å². The van der Waals surface area contributed by atoms with Gasteiger partial charge >= 0.3 is 0 Å². The Morgan fingerprint density at radius 1 is 1.21 bits per heavy atom. The van der Waals surface area contributed by atoms with Crippen molar-refractivity contribution in [3.63, 3.8) is 0 Å². The summed E-state index contributed by atoms with van der Waals surface area (Å²) in [5.41, 5.74) is 2.87. The molecule has 0 fully saturated rings. The minimum absolute atomic E-state index is 0.0410. The Bertz CT molecular complexity index is 1070. The number of carbonyl (C=O) groups excluding carboxylic acids is 1. The molecule has 0 bridgehead atoms. The number of rotatable bonds is 6. The standard InChI is InChI=1S/C21H21ClN6O/c1-2-3-4-9-19(29)25-17-11-10-16-21(26-17)20(14-7-5-6-8-15(14)22)23-12-18-27-24-13-28(16)18/h5-8,10-11,13H,2-4,9,12H2,1H3,(H,25,26,29). The molecule has 3 aromatic rings. The summed E-state index contributed by atoms with van der Waals surface area (Å²) in [4.78, 5) is 21.7. The van der Waals surface area contributed by atoms with Crippen molar-refractivity contribution in [2.24, 2.45) is 4.99 Å². The molecule has 1 aromatic carbocycles. The largest absolute Gasteiger partial charge is 0.311 e. The number of unbranched alkanes of at least 4 members (excludes halogenated alkanes) is 2. The number of amides is 1. The minimum Gasteiger partial charge on any atom is -0.311 e. The predicted octanol–water partition coefficient (Wildman–Crippen LogP) is 4.19. The number of hydrogen-bond donors (Lipinski definition) is 1. The Balaban J connectivity index is 1.74. The van der Waals surface area contributed by atoms with Gasteiger partial charge in [0.2, 0.25) is 5.91 Å². The first-order valence-electron chi connectivity index (χ1n) is 9.67. The summed E-state index contributed by atoms with van der Waals surface area (Å²) in [5, 5.41) is 11.6. The van der Waals surface area contributed by atoms with Gasteiger partial charge in [-0.1, -0.05) is 49.6 Å². The van der Waals surface area contributed by atoms with Crippen LogP contribution in [0.15, 0.2) is 47.7 Å². The molecule has 1 amide bonds. The number of aromatic nitrogens is 4. The number of fused-ring (bicyclic) bond motifs is 3. The lowest BCUT2D eigenvalue weighted by atomic mass is 10.1. The molecule has 8 heteroatoms. The summed E-state index contributed by atoms with van der Waals surface area (Å²) in [6.07, 6.45) is 5.09. The zero-order valence-electron chi connectivity index (χ0n) is 16.1. The molecule has 0 saturated heterocycles. The first kappa shape index (κ1) is 19.3. The summed E-state index contributed by atoms with van der Waals surface area (Å²) in [6.45, 7) is 2.47. The van der Waals surface area contributed by atoms with E-state index in [0.717, 1.165) is 30.5 Å². The maximum Gasteiger partial charge on any atom is 0.225 e. The van der Waals surface area contributed by atoms with Crippen LogP contribution in [0.1, 0.15) is 49.7 Å². The first-order valence-corrected chi connectivity index (χ1v) is 10.0. The van der Waals surface area contributed by atoms with E-state index in [2.05, 4.69) is 22.4 Å². The van der Waals surface area contributed by atoms with Gasteiger partial charge in [0.05, 0.1) is 16.4 Å². The Hall–Kier alpha value is -3.06. The summed E-state index contributed by atoms with van der Waals surface area (Å²) in [5.74, 6) is 1.16. The fourth-order valence-corrected chi connectivity index (χ4v) is 3.51. The van der Waals surface area contributed by atoms with Gasteiger partial charge in [-0.3, -0.25) is 14.4 Å². The molecule has 0 spiro atoms. The fourth-order valence-electron chi connectivity index (χ4n) is 3.29. The van der Waals surface area contributed by atoms with E-state index >= 15 is 0 Å². The highest BCUT2D eigenvalue weighted by Gasteiger charge is 2.23. The second kappa shape index (κ2) is 8.53. The Morgan fingerprint density at radius 3 is 2.90 bits per heavy atom. The summed E-state index contributed by atoms with van der Waals surface area (Å²) in [6, 6.07) is 11.2. The van der Waals surface area contributed by atoms with Gasteiger partial charge in [0.25, 0.3) is 0 Å². The zero-order valence-corrected chi connectivity index (χ0v) is 16.9. The van der Waals surface area contributed by atoms with E-state index in [-0.39, 0.29) is 5.91 Å². The maximum absolute atomic E-state index is 12.3. The third-order valence-corrected chi connectivity index (χ3v) is 5.09. The average molecular weight is 409 g/mol. The van der Waals surface area contributed by atoms with Crippen molar-refractivity contribution in [2.75, 3.05) is 5.32 Å². The highest BCUT2D eigenvalue weighted by molar-refractivity contribution is 6.35. The van der Waals surface area contributed by atoms with Gasteiger partial charge < -0.3 is 5.32 Å². The Kier molecular flexibility index (Phi) is 5.67. The van der Waals surface area contributed by atoms with E-state index in [9.17, 15) is 4.79 Å². The number of nitrogens with zero attached hydrogens (tertiary/aromatic N) is 5. The van der Waals surface area contributed by atoms with Crippen molar-refractivity contribution >= 4 is 29.0 Å². The van der Waals surface area contributed by atoms with Crippen molar-refractivity contribution < 1.29 is 4.79 Å². The van der Waals surface area contributed by atoms with E-state index in [1.165, 1.54) is 0 Å². The van der Waals surface area contributed by atoms with Crippen LogP contribution in [0.2, 0.25) is 5.02 Å². The predicted molar refractivity (Wildman–Crippen MR) is 113 cm³/mol. The molecule has 1 N–H and O–H groups in total. The van der Waals surface area contributed by atoms with E-state index < -0.39 is 0 Å². The van der Waals surface area contributed by atoms with Crippen LogP contribution in [0.3, 0.4) is 0 Å². The molecule has 0 aliphatic carbocycles. The average Bonchev–Trinajstić information content (AvgIpc) is 3.13. The van der Waals surface area contributed by atoms with E-state index in [0.29, 0.717) is 41.0 Å². The Labute approximate surface area is 173 Å². The molecular formula is C21H21ClN6O. The molecule has 4 rings (SSSR count). The van der Waals surface area contributed by atoms with E-state index in [1.807, 2.05) is 34.9 Å². The van der Waals surface area contributed by atoms with Crippen LogP contribution in [0, 0.1) is 0 Å². The van der Waals surface area contributed by atoms with Gasteiger partial charge in [-0.25, -0.2) is 4.98 Å². The molecule has 7 nitrogen and oxygen atoms in total. The third kappa shape index (κ3) is 4.05. The number of halogens is 1. The number of anilines is 1. The normalized spacial score (nSPS) is 12.6. The van der Waals surface area contributed by atoms with Gasteiger partial charge in [0, 0.05) is 12.0 Å². The fraction of sp³-hybridized carbons (Fsp3) is 0.286. The van der Waals surface area contributed by atoms with Gasteiger partial charge in [-0.05, 0) is 24.6 Å². The molecule has 2 aromatic heterocycles. The van der Waals surface area contributed by atoms with Gasteiger partial charge in [0.15, 0.2) is 5.82 Å². The van der Waals surface area contributed by atoms with Crippen LogP contribution in [0.5, 0.6) is 0 Å². The van der Waals surface area contributed by atoms with Gasteiger partial charge in [-0.2, -0.15) is 0 Å². The van der Waals surface area contributed by atoms with Crippen molar-refractivity contribution in [3.05, 3.63) is 64.8 Å². The van der Waals surface area contributed by atoms with Crippen molar-refractivity contribution in [1.29, 1.82) is 0 Å². The number of hydrogen-bond acceptors (Lipinski definition) is 5. The molecule has 1 aliphatic heterocycles. The van der Waals surface area contributed by atoms with Crippen LogP contribution in [-0.4, -0.2) is 31.4 Å². The molecule has 0 radical (unpaired) electrons. The summed E-state index contributed by atoms with van der Waals surface area (Å²) < 4.78 is 1.86. The number of pyridine rings is 1. The smallest absolute Gasteiger partial charge is 0.225 e. The highest BCUT2D eigenvalue weighted by Crippen LogP contribution is 2.27. The molecule has 148 valence electrons. The number of benzene rings is 1. The van der Waals surface area contributed by atoms with Gasteiger partial charge in [0.1, 0.15) is 24.4 Å². The lowest BCUT2D eigenvalue weighted by Crippen LogP contribution is -2.16. The highest BCUT2D eigenvalue weighted by atomic mass is 35.5. The summed E-state index contributed by atoms with van der Waals surface area (Å²) >= 11 is 6.44. The van der Waals surface area contributed by atoms with Crippen LogP contribution in [0.25, 0.3) is 5.69 Å². The van der Waals surface area contributed by atoms with Gasteiger partial charge in [-0.15, -0.1) is 10.2 Å². The second-order valence-electron chi connectivity index (χ2n) is 6.83. The van der Waals surface area contributed by atoms with Crippen LogP contribution in [-0.2, 0) is 11.3 Å². The quantitative estimate of drug-likeness (QED) is 0.620. The molecule has 1 aliphatic rings. The van der Waals surface area contributed by atoms with Crippen molar-refractivity contribution in [3.8, 4) is 5.69 Å². The van der Waals surface area contributed by atoms with E-state index in [1.54, 1.807) is 12.4 Å². The monoisotopic (exact) mass is 408 g/mol. The lowest BCUT2D eigenvalue weighted by molar-refractivity contribution is -0.116. The maximum atomic E-state index is 12.3. The second-order valence-corrected chi connectivity index (χ2v) is 7.24. The first-order chi connectivity index (χ1) is 14.2. The number of aliphatic imine (C=N–C) groups is 1. The van der Waals surface area contributed by atoms with E-state index in [4.69, 9.17) is 21.6 Å². The van der Waals surface area contributed by atoms with Crippen LogP contribution < -0.4 is 5.32 Å². The Morgan fingerprint density at radius 2 is 2.07 bits per heavy atom.